The van der Waals surface area contributed by atoms with Crippen molar-refractivity contribution < 1.29 is 28.8 Å². The zero-order valence-electron chi connectivity index (χ0n) is 21.5. The first-order valence-electron chi connectivity index (χ1n) is 12.6. The molecule has 6 rings (SSSR count). The first-order valence-corrected chi connectivity index (χ1v) is 12.6. The van der Waals surface area contributed by atoms with Crippen molar-refractivity contribution in [3.05, 3.63) is 118 Å². The molecule has 200 valence electrons. The quantitative estimate of drug-likeness (QED) is 0.348. The Kier molecular flexibility index (Phi) is 6.56. The maximum atomic E-state index is 11.6. The Morgan fingerprint density at radius 2 is 1.46 bits per heavy atom. The van der Waals surface area contributed by atoms with Crippen LogP contribution in [-0.4, -0.2) is 53.8 Å². The molecule has 4 atom stereocenters. The van der Waals surface area contributed by atoms with Gasteiger partial charge in [0.2, 0.25) is 0 Å². The molecular formula is C30H28N2O7. The SMILES string of the molecule is COc1ccc(C(OC[C@@H]2O[C@H]3[C@H](Oc4nc(=O)ccn43)[C@H]2O)(c2ccccc2)c2ccc(OC)cc2)cc1. The van der Waals surface area contributed by atoms with E-state index in [0.29, 0.717) is 0 Å². The van der Waals surface area contributed by atoms with Gasteiger partial charge < -0.3 is 28.8 Å². The second-order valence-corrected chi connectivity index (χ2v) is 9.41. The van der Waals surface area contributed by atoms with Gasteiger partial charge in [-0.2, -0.15) is 4.98 Å². The zero-order chi connectivity index (χ0) is 27.0. The molecule has 39 heavy (non-hydrogen) atoms. The van der Waals surface area contributed by atoms with Gasteiger partial charge in [0.15, 0.2) is 12.3 Å². The van der Waals surface area contributed by atoms with Crippen LogP contribution >= 0.6 is 0 Å². The van der Waals surface area contributed by atoms with Gasteiger partial charge in [-0.3, -0.25) is 9.36 Å². The van der Waals surface area contributed by atoms with E-state index in [2.05, 4.69) is 4.98 Å². The van der Waals surface area contributed by atoms with Crippen LogP contribution in [0.4, 0.5) is 0 Å². The van der Waals surface area contributed by atoms with Gasteiger partial charge >= 0.3 is 6.01 Å². The molecule has 0 radical (unpaired) electrons. The van der Waals surface area contributed by atoms with Gasteiger partial charge in [-0.05, 0) is 41.0 Å². The Morgan fingerprint density at radius 1 is 0.872 bits per heavy atom. The first kappa shape index (κ1) is 25.1. The monoisotopic (exact) mass is 528 g/mol. The summed E-state index contributed by atoms with van der Waals surface area (Å²) in [6.07, 6.45) is -1.47. The van der Waals surface area contributed by atoms with Crippen molar-refractivity contribution in [2.24, 2.45) is 0 Å². The average Bonchev–Trinajstić information content (AvgIpc) is 3.49. The summed E-state index contributed by atoms with van der Waals surface area (Å²) in [5.74, 6) is 1.45. The number of fused-ring (bicyclic) bond motifs is 3. The van der Waals surface area contributed by atoms with E-state index in [-0.39, 0.29) is 12.6 Å². The van der Waals surface area contributed by atoms with Crippen LogP contribution in [0.15, 0.2) is 95.9 Å². The third kappa shape index (κ3) is 4.34. The number of aliphatic hydroxyl groups is 1. The molecule has 9 nitrogen and oxygen atoms in total. The zero-order valence-corrected chi connectivity index (χ0v) is 21.5. The highest BCUT2D eigenvalue weighted by atomic mass is 16.6. The molecule has 3 aromatic carbocycles. The lowest BCUT2D eigenvalue weighted by Crippen LogP contribution is -2.40. The Morgan fingerprint density at radius 3 is 2.05 bits per heavy atom. The molecule has 4 aromatic rings. The molecule has 0 spiro atoms. The summed E-state index contributed by atoms with van der Waals surface area (Å²) in [5, 5.41) is 11.2. The van der Waals surface area contributed by atoms with Crippen LogP contribution in [0.1, 0.15) is 22.9 Å². The molecule has 2 aliphatic heterocycles. The van der Waals surface area contributed by atoms with Crippen LogP contribution < -0.4 is 19.8 Å². The number of ether oxygens (including phenoxy) is 5. The fraction of sp³-hybridized carbons (Fsp3) is 0.267. The van der Waals surface area contributed by atoms with E-state index in [1.807, 2.05) is 78.9 Å². The topological polar surface area (TPSA) is 101 Å². The maximum absolute atomic E-state index is 11.6. The van der Waals surface area contributed by atoms with E-state index in [1.165, 1.54) is 6.07 Å². The number of rotatable bonds is 8. The number of hydrogen-bond donors (Lipinski definition) is 1. The third-order valence-electron chi connectivity index (χ3n) is 7.27. The van der Waals surface area contributed by atoms with Crippen molar-refractivity contribution in [1.29, 1.82) is 0 Å². The Hall–Kier alpha value is -4.18. The van der Waals surface area contributed by atoms with Crippen LogP contribution in [0.3, 0.4) is 0 Å². The van der Waals surface area contributed by atoms with Crippen molar-refractivity contribution in [2.75, 3.05) is 20.8 Å². The fourth-order valence-electron chi connectivity index (χ4n) is 5.29. The van der Waals surface area contributed by atoms with E-state index >= 15 is 0 Å². The number of nitrogens with zero attached hydrogens (tertiary/aromatic N) is 2. The lowest BCUT2D eigenvalue weighted by atomic mass is 9.80. The van der Waals surface area contributed by atoms with E-state index in [9.17, 15) is 9.90 Å². The average molecular weight is 529 g/mol. The molecule has 1 saturated heterocycles. The standard InChI is InChI=1S/C30H28N2O7/c1-35-22-12-8-20(9-13-22)30(19-6-4-3-5-7-19,21-10-14-23(36-2)15-11-21)37-18-24-26(34)27-28(38-24)32-17-16-25(33)31-29(32)39-27/h3-17,24,26-28,34H,18H2,1-2H3/t24-,26-,27+,28-/m0/s1. The molecule has 0 saturated carbocycles. The first-order chi connectivity index (χ1) is 19.0. The predicted molar refractivity (Wildman–Crippen MR) is 141 cm³/mol. The highest BCUT2D eigenvalue weighted by molar-refractivity contribution is 5.49. The molecule has 0 bridgehead atoms. The minimum atomic E-state index is -1.05. The van der Waals surface area contributed by atoms with Gasteiger partial charge in [0, 0.05) is 12.3 Å². The van der Waals surface area contributed by atoms with Gasteiger partial charge in [-0.15, -0.1) is 0 Å². The molecule has 0 unspecified atom stereocenters. The van der Waals surface area contributed by atoms with Crippen LogP contribution in [0.25, 0.3) is 0 Å². The van der Waals surface area contributed by atoms with Crippen molar-refractivity contribution in [3.8, 4) is 17.5 Å². The summed E-state index contributed by atoms with van der Waals surface area (Å²) in [6.45, 7) is 0.0490. The van der Waals surface area contributed by atoms with Gasteiger partial charge in [0.25, 0.3) is 5.56 Å². The fourth-order valence-corrected chi connectivity index (χ4v) is 5.29. The summed E-state index contributed by atoms with van der Waals surface area (Å²) < 4.78 is 31.3. The summed E-state index contributed by atoms with van der Waals surface area (Å²) in [7, 11) is 3.25. The third-order valence-corrected chi connectivity index (χ3v) is 7.27. The van der Waals surface area contributed by atoms with Crippen molar-refractivity contribution in [1.82, 2.24) is 9.55 Å². The lowest BCUT2D eigenvalue weighted by molar-refractivity contribution is -0.0936. The number of methoxy groups -OCH3 is 2. The molecule has 2 aliphatic rings. The normalized spacial score (nSPS) is 21.6. The highest BCUT2D eigenvalue weighted by Crippen LogP contribution is 2.44. The molecule has 1 fully saturated rings. The number of benzene rings is 3. The lowest BCUT2D eigenvalue weighted by Gasteiger charge is -2.37. The van der Waals surface area contributed by atoms with Gasteiger partial charge in [0.1, 0.15) is 29.3 Å². The van der Waals surface area contributed by atoms with E-state index in [1.54, 1.807) is 25.0 Å². The number of aliphatic hydroxyl groups excluding tert-OH is 1. The van der Waals surface area contributed by atoms with E-state index in [4.69, 9.17) is 23.7 Å². The summed E-state index contributed by atoms with van der Waals surface area (Å²) in [6, 6.07) is 26.8. The smallest absolute Gasteiger partial charge is 0.302 e. The molecule has 0 aliphatic carbocycles. The minimum absolute atomic E-state index is 0.0490. The Balaban J connectivity index is 1.39. The summed E-state index contributed by atoms with van der Waals surface area (Å²) >= 11 is 0. The van der Waals surface area contributed by atoms with Crippen molar-refractivity contribution in [2.45, 2.75) is 30.1 Å². The second kappa shape index (κ2) is 10.2. The molecule has 1 aromatic heterocycles. The molecule has 3 heterocycles. The van der Waals surface area contributed by atoms with Gasteiger partial charge in [0.05, 0.1) is 20.8 Å². The summed E-state index contributed by atoms with van der Waals surface area (Å²) in [5.41, 5.74) is 1.18. The van der Waals surface area contributed by atoms with Gasteiger partial charge in [-0.25, -0.2) is 0 Å². The Labute approximate surface area is 225 Å². The van der Waals surface area contributed by atoms with Crippen LogP contribution in [-0.2, 0) is 15.1 Å². The largest absolute Gasteiger partial charge is 0.497 e. The van der Waals surface area contributed by atoms with Crippen LogP contribution in [0.2, 0.25) is 0 Å². The summed E-state index contributed by atoms with van der Waals surface area (Å²) in [4.78, 5) is 15.5. The molecular weight excluding hydrogens is 500 g/mol. The van der Waals surface area contributed by atoms with Crippen molar-refractivity contribution >= 4 is 0 Å². The maximum Gasteiger partial charge on any atom is 0.302 e. The number of aromatic nitrogens is 2. The van der Waals surface area contributed by atoms with Crippen LogP contribution in [0.5, 0.6) is 17.5 Å². The molecule has 9 heteroatoms. The van der Waals surface area contributed by atoms with Gasteiger partial charge in [-0.1, -0.05) is 54.6 Å². The highest BCUT2D eigenvalue weighted by Gasteiger charge is 2.52. The molecule has 1 N–H and O–H groups in total. The molecule has 0 amide bonds. The minimum Gasteiger partial charge on any atom is -0.497 e. The van der Waals surface area contributed by atoms with Crippen molar-refractivity contribution in [3.63, 3.8) is 0 Å². The van der Waals surface area contributed by atoms with E-state index in [0.717, 1.165) is 28.2 Å². The number of hydrogen-bond acceptors (Lipinski definition) is 8. The Bertz CT molecular complexity index is 1440. The second-order valence-electron chi connectivity index (χ2n) is 9.41. The van der Waals surface area contributed by atoms with E-state index < -0.39 is 35.7 Å². The predicted octanol–water partition coefficient (Wildman–Crippen LogP) is 3.29. The van der Waals surface area contributed by atoms with Crippen LogP contribution in [0, 0.1) is 0 Å².